The van der Waals surface area contributed by atoms with Gasteiger partial charge in [-0.2, -0.15) is 32.3 Å². The number of fused-ring (bicyclic) bond motifs is 1. The summed E-state index contributed by atoms with van der Waals surface area (Å²) in [5.41, 5.74) is -0.690. The highest BCUT2D eigenvalue weighted by Crippen LogP contribution is 2.36. The van der Waals surface area contributed by atoms with Crippen molar-refractivity contribution in [1.29, 1.82) is 5.26 Å². The van der Waals surface area contributed by atoms with Crippen LogP contribution in [0.25, 0.3) is 16.9 Å². The van der Waals surface area contributed by atoms with Crippen LogP contribution < -0.4 is 10.1 Å². The predicted molar refractivity (Wildman–Crippen MR) is 106 cm³/mol. The molecule has 0 atom stereocenters. The second-order valence-corrected chi connectivity index (χ2v) is 8.93. The number of alkyl halides is 5. The van der Waals surface area contributed by atoms with Gasteiger partial charge < -0.3 is 10.1 Å². The molecular weight excluding hydrogens is 505 g/mol. The van der Waals surface area contributed by atoms with Gasteiger partial charge in [0, 0.05) is 12.3 Å². The minimum atomic E-state index is -5.83. The lowest BCUT2D eigenvalue weighted by Crippen LogP contribution is -2.41. The first-order valence-corrected chi connectivity index (χ1v) is 11.1. The van der Waals surface area contributed by atoms with Crippen LogP contribution in [0.2, 0.25) is 0 Å². The first kappa shape index (κ1) is 25.7. The van der Waals surface area contributed by atoms with E-state index in [0.717, 1.165) is 16.6 Å². The molecule has 35 heavy (non-hydrogen) atoms. The number of amides is 1. The first-order chi connectivity index (χ1) is 16.3. The number of halogens is 5. The number of nitrogens with one attached hydrogen (secondary N) is 1. The second-order valence-electron chi connectivity index (χ2n) is 6.74. The van der Waals surface area contributed by atoms with Crippen LogP contribution in [-0.4, -0.2) is 70.1 Å². The van der Waals surface area contributed by atoms with Gasteiger partial charge in [-0.1, -0.05) is 6.92 Å². The zero-order valence-corrected chi connectivity index (χ0v) is 18.4. The van der Waals surface area contributed by atoms with Crippen LogP contribution in [0.3, 0.4) is 0 Å². The van der Waals surface area contributed by atoms with Gasteiger partial charge in [0.2, 0.25) is 5.88 Å². The maximum absolute atomic E-state index is 13.1. The number of ether oxygens (including phenoxy) is 1. The van der Waals surface area contributed by atoms with E-state index in [9.17, 15) is 35.2 Å². The minimum Gasteiger partial charge on any atom is -0.470 e. The predicted octanol–water partition coefficient (Wildman–Crippen LogP) is 1.81. The maximum atomic E-state index is 13.1. The molecule has 0 radical (unpaired) electrons. The van der Waals surface area contributed by atoms with E-state index in [0.29, 0.717) is 0 Å². The molecule has 0 aliphatic carbocycles. The molecule has 0 spiro atoms. The van der Waals surface area contributed by atoms with Crippen LogP contribution in [0, 0.1) is 11.3 Å². The van der Waals surface area contributed by atoms with Crippen LogP contribution in [0.4, 0.5) is 22.0 Å². The minimum absolute atomic E-state index is 0.145. The molecular formula is C18H14F5N7O4S. The molecule has 0 saturated heterocycles. The molecule has 3 aromatic rings. The Morgan fingerprint density at radius 1 is 1.20 bits per heavy atom. The molecule has 0 bridgehead atoms. The van der Waals surface area contributed by atoms with E-state index < -0.39 is 51.1 Å². The van der Waals surface area contributed by atoms with E-state index in [2.05, 4.69) is 30.3 Å². The highest BCUT2D eigenvalue weighted by atomic mass is 32.2. The van der Waals surface area contributed by atoms with Gasteiger partial charge in [0.25, 0.3) is 5.91 Å². The zero-order valence-electron chi connectivity index (χ0n) is 17.5. The molecule has 3 rings (SSSR count). The van der Waals surface area contributed by atoms with Crippen LogP contribution >= 0.6 is 0 Å². The van der Waals surface area contributed by atoms with Gasteiger partial charge in [0.05, 0.1) is 17.4 Å². The fraction of sp³-hybridized carbons (Fsp3) is 0.333. The lowest BCUT2D eigenvalue weighted by molar-refractivity contribution is -0.290. The standard InChI is InChI=1S/C18H14F5N7O4S/c1-2-35(32,33)16-13(14-25-7-5-11(30(14)29-16)15(31)26-8-6-24)10-3-4-12(28-27-10)34-9-17(19,20)18(21,22)23/h3-5,7H,2,8-9H2,1H3,(H,26,31). The third kappa shape index (κ3) is 5.11. The Labute approximate surface area is 193 Å². The van der Waals surface area contributed by atoms with Gasteiger partial charge >= 0.3 is 12.1 Å². The topological polar surface area (TPSA) is 152 Å². The van der Waals surface area contributed by atoms with Gasteiger partial charge in [-0.25, -0.2) is 17.9 Å². The normalized spacial score (nSPS) is 12.4. The first-order valence-electron chi connectivity index (χ1n) is 9.49. The SMILES string of the molecule is CCS(=O)(=O)c1nn2c(C(=O)NCC#N)ccnc2c1-c1ccc(OCC(F)(F)C(F)(F)F)nn1. The number of carbonyl (C=O) groups excluding carboxylic acids is 1. The number of hydrogen-bond donors (Lipinski definition) is 1. The summed E-state index contributed by atoms with van der Waals surface area (Å²) in [5, 5.41) is 21.5. The molecule has 186 valence electrons. The van der Waals surface area contributed by atoms with Crippen LogP contribution in [-0.2, 0) is 9.84 Å². The van der Waals surface area contributed by atoms with E-state index in [1.807, 2.05) is 0 Å². The summed E-state index contributed by atoms with van der Waals surface area (Å²) in [6.07, 6.45) is -4.65. The Morgan fingerprint density at radius 2 is 1.91 bits per heavy atom. The van der Waals surface area contributed by atoms with Gasteiger partial charge in [-0.3, -0.25) is 4.79 Å². The van der Waals surface area contributed by atoms with Crippen molar-refractivity contribution < 1.29 is 39.9 Å². The highest BCUT2D eigenvalue weighted by molar-refractivity contribution is 7.91. The Bertz CT molecular complexity index is 1400. The van der Waals surface area contributed by atoms with Crippen LogP contribution in [0.5, 0.6) is 5.88 Å². The van der Waals surface area contributed by atoms with E-state index in [1.165, 1.54) is 19.2 Å². The second kappa shape index (κ2) is 9.37. The summed E-state index contributed by atoms with van der Waals surface area (Å²) in [6, 6.07) is 4.90. The Hall–Kier alpha value is -3.94. The highest BCUT2D eigenvalue weighted by Gasteiger charge is 2.58. The number of aromatic nitrogens is 5. The third-order valence-corrected chi connectivity index (χ3v) is 6.07. The molecule has 3 aromatic heterocycles. The molecule has 1 amide bonds. The molecule has 0 aliphatic rings. The number of rotatable bonds is 8. The van der Waals surface area contributed by atoms with Gasteiger partial charge in [0.15, 0.2) is 27.1 Å². The number of hydrogen-bond acceptors (Lipinski definition) is 9. The fourth-order valence-electron chi connectivity index (χ4n) is 2.66. The van der Waals surface area contributed by atoms with Crippen molar-refractivity contribution in [2.45, 2.75) is 24.0 Å². The summed E-state index contributed by atoms with van der Waals surface area (Å²) >= 11 is 0. The summed E-state index contributed by atoms with van der Waals surface area (Å²) in [4.78, 5) is 16.4. The summed E-state index contributed by atoms with van der Waals surface area (Å²) in [5.74, 6) is -6.97. The van der Waals surface area contributed by atoms with Gasteiger partial charge in [0.1, 0.15) is 17.9 Å². The molecule has 0 aliphatic heterocycles. The Kier molecular flexibility index (Phi) is 6.87. The summed E-state index contributed by atoms with van der Waals surface area (Å²) in [6.45, 7) is -1.04. The number of carbonyl (C=O) groups is 1. The number of sulfone groups is 1. The van der Waals surface area contributed by atoms with Gasteiger partial charge in [-0.05, 0) is 12.1 Å². The van der Waals surface area contributed by atoms with Crippen molar-refractivity contribution in [2.75, 3.05) is 18.9 Å². The van der Waals surface area contributed by atoms with Crippen LogP contribution in [0.15, 0.2) is 29.4 Å². The van der Waals surface area contributed by atoms with Crippen molar-refractivity contribution in [1.82, 2.24) is 30.1 Å². The average Bonchev–Trinajstić information content (AvgIpc) is 3.21. The molecule has 0 fully saturated rings. The molecule has 1 N–H and O–H groups in total. The van der Waals surface area contributed by atoms with Crippen molar-refractivity contribution in [3.8, 4) is 23.2 Å². The van der Waals surface area contributed by atoms with E-state index >= 15 is 0 Å². The molecule has 17 heteroatoms. The van der Waals surface area contributed by atoms with Crippen molar-refractivity contribution in [3.63, 3.8) is 0 Å². The summed E-state index contributed by atoms with van der Waals surface area (Å²) < 4.78 is 93.7. The van der Waals surface area contributed by atoms with Gasteiger partial charge in [-0.15, -0.1) is 10.2 Å². The lowest BCUT2D eigenvalue weighted by atomic mass is 10.2. The monoisotopic (exact) mass is 519 g/mol. The quantitative estimate of drug-likeness (QED) is 0.347. The van der Waals surface area contributed by atoms with Crippen LogP contribution in [0.1, 0.15) is 17.4 Å². The molecule has 11 nitrogen and oxygen atoms in total. The Balaban J connectivity index is 2.07. The Morgan fingerprint density at radius 3 is 2.49 bits per heavy atom. The van der Waals surface area contributed by atoms with E-state index in [-0.39, 0.29) is 29.1 Å². The van der Waals surface area contributed by atoms with Crippen molar-refractivity contribution in [3.05, 3.63) is 30.1 Å². The molecule has 0 aromatic carbocycles. The zero-order chi connectivity index (χ0) is 26.0. The molecule has 0 saturated carbocycles. The smallest absolute Gasteiger partial charge is 0.456 e. The molecule has 0 unspecified atom stereocenters. The summed E-state index contributed by atoms with van der Waals surface area (Å²) in [7, 11) is -4.03. The molecule has 3 heterocycles. The maximum Gasteiger partial charge on any atom is 0.456 e. The largest absolute Gasteiger partial charge is 0.470 e. The van der Waals surface area contributed by atoms with Crippen molar-refractivity contribution >= 4 is 21.4 Å². The van der Waals surface area contributed by atoms with Crippen molar-refractivity contribution in [2.24, 2.45) is 0 Å². The van der Waals surface area contributed by atoms with E-state index in [1.54, 1.807) is 6.07 Å². The van der Waals surface area contributed by atoms with E-state index in [4.69, 9.17) is 5.26 Å². The fourth-order valence-corrected chi connectivity index (χ4v) is 3.65. The number of nitriles is 1. The third-order valence-electron chi connectivity index (χ3n) is 4.43. The average molecular weight is 519 g/mol. The lowest BCUT2D eigenvalue weighted by Gasteiger charge is -2.19. The number of nitrogens with zero attached hydrogens (tertiary/aromatic N) is 6.